The molecular weight excluding hydrogens is 438 g/mol. The fourth-order valence-corrected chi connectivity index (χ4v) is 3.71. The van der Waals surface area contributed by atoms with Crippen molar-refractivity contribution in [3.8, 4) is 17.1 Å². The summed E-state index contributed by atoms with van der Waals surface area (Å²) in [6.07, 6.45) is 1.58. The maximum absolute atomic E-state index is 13.4. The third kappa shape index (κ3) is 4.97. The maximum Gasteiger partial charge on any atom is 0.234 e. The number of nitrogens with zero attached hydrogens (tertiary/aromatic N) is 3. The quantitative estimate of drug-likeness (QED) is 0.390. The number of ether oxygens (including phenoxy) is 1. The average molecular weight is 456 g/mol. The lowest BCUT2D eigenvalue weighted by Gasteiger charge is -2.10. The molecule has 0 aliphatic rings. The minimum Gasteiger partial charge on any atom is -0.497 e. The second-order valence-electron chi connectivity index (χ2n) is 6.67. The highest BCUT2D eigenvalue weighted by Crippen LogP contribution is 2.27. The lowest BCUT2D eigenvalue weighted by molar-refractivity contribution is -0.113. The molecule has 0 spiro atoms. The number of rotatable bonds is 8. The number of thioether (sulfide) groups is 1. The summed E-state index contributed by atoms with van der Waals surface area (Å²) in [6.45, 7) is 0.361. The SMILES string of the molecule is COc1cccc(-c2nnc(SCC(=O)Nc3ccc(F)c(F)c3)n2Cc2ccco2)c1. The highest BCUT2D eigenvalue weighted by molar-refractivity contribution is 7.99. The second kappa shape index (κ2) is 9.65. The maximum atomic E-state index is 13.4. The summed E-state index contributed by atoms with van der Waals surface area (Å²) >= 11 is 1.17. The average Bonchev–Trinajstić information content (AvgIpc) is 3.45. The lowest BCUT2D eigenvalue weighted by atomic mass is 10.2. The van der Waals surface area contributed by atoms with E-state index in [9.17, 15) is 13.6 Å². The molecule has 0 unspecified atom stereocenters. The summed E-state index contributed by atoms with van der Waals surface area (Å²) in [5, 5.41) is 11.6. The first-order valence-corrected chi connectivity index (χ1v) is 10.5. The van der Waals surface area contributed by atoms with Crippen molar-refractivity contribution in [2.75, 3.05) is 18.2 Å². The van der Waals surface area contributed by atoms with E-state index in [2.05, 4.69) is 15.5 Å². The molecule has 10 heteroatoms. The molecule has 7 nitrogen and oxygen atoms in total. The van der Waals surface area contributed by atoms with Gasteiger partial charge in [0, 0.05) is 17.3 Å². The van der Waals surface area contributed by atoms with Crippen molar-refractivity contribution >= 4 is 23.4 Å². The molecule has 32 heavy (non-hydrogen) atoms. The number of carbonyl (C=O) groups is 1. The van der Waals surface area contributed by atoms with Crippen molar-refractivity contribution in [2.24, 2.45) is 0 Å². The highest BCUT2D eigenvalue weighted by atomic mass is 32.2. The number of hydrogen-bond acceptors (Lipinski definition) is 6. The molecule has 2 heterocycles. The predicted octanol–water partition coefficient (Wildman–Crippen LogP) is 4.60. The van der Waals surface area contributed by atoms with Crippen LogP contribution in [0.3, 0.4) is 0 Å². The molecule has 2 aromatic heterocycles. The highest BCUT2D eigenvalue weighted by Gasteiger charge is 2.18. The third-order valence-electron chi connectivity index (χ3n) is 4.47. The van der Waals surface area contributed by atoms with Crippen LogP contribution in [-0.4, -0.2) is 33.5 Å². The topological polar surface area (TPSA) is 82.2 Å². The summed E-state index contributed by atoms with van der Waals surface area (Å²) < 4.78 is 39.0. The monoisotopic (exact) mass is 456 g/mol. The number of carbonyl (C=O) groups excluding carboxylic acids is 1. The molecule has 4 aromatic rings. The van der Waals surface area contributed by atoms with Crippen molar-refractivity contribution in [2.45, 2.75) is 11.7 Å². The van der Waals surface area contributed by atoms with E-state index in [4.69, 9.17) is 9.15 Å². The van der Waals surface area contributed by atoms with Crippen LogP contribution >= 0.6 is 11.8 Å². The smallest absolute Gasteiger partial charge is 0.234 e. The second-order valence-corrected chi connectivity index (χ2v) is 7.61. The molecule has 4 rings (SSSR count). The Balaban J connectivity index is 1.54. The van der Waals surface area contributed by atoms with Crippen LogP contribution in [0.4, 0.5) is 14.5 Å². The van der Waals surface area contributed by atoms with Gasteiger partial charge in [-0.1, -0.05) is 23.9 Å². The van der Waals surface area contributed by atoms with E-state index in [-0.39, 0.29) is 11.4 Å². The largest absolute Gasteiger partial charge is 0.497 e. The van der Waals surface area contributed by atoms with E-state index < -0.39 is 17.5 Å². The Bertz CT molecular complexity index is 1230. The van der Waals surface area contributed by atoms with Crippen LogP contribution in [0.15, 0.2) is 70.4 Å². The van der Waals surface area contributed by atoms with Gasteiger partial charge in [-0.25, -0.2) is 8.78 Å². The van der Waals surface area contributed by atoms with Crippen LogP contribution in [-0.2, 0) is 11.3 Å². The first kappa shape index (κ1) is 21.6. The van der Waals surface area contributed by atoms with Gasteiger partial charge in [-0.15, -0.1) is 10.2 Å². The molecule has 0 atom stereocenters. The van der Waals surface area contributed by atoms with Crippen molar-refractivity contribution in [3.05, 3.63) is 78.3 Å². The van der Waals surface area contributed by atoms with Gasteiger partial charge in [0.15, 0.2) is 22.6 Å². The van der Waals surface area contributed by atoms with E-state index in [0.717, 1.165) is 17.7 Å². The van der Waals surface area contributed by atoms with Crippen LogP contribution in [0.1, 0.15) is 5.76 Å². The van der Waals surface area contributed by atoms with Gasteiger partial charge in [0.05, 0.1) is 25.7 Å². The summed E-state index contributed by atoms with van der Waals surface area (Å²) in [6, 6.07) is 14.2. The minimum absolute atomic E-state index is 0.00655. The number of amides is 1. The fourth-order valence-electron chi connectivity index (χ4n) is 2.97. The zero-order chi connectivity index (χ0) is 22.5. The molecular formula is C22H18F2N4O3S. The Morgan fingerprint density at radius 1 is 1.12 bits per heavy atom. The summed E-state index contributed by atoms with van der Waals surface area (Å²) in [4.78, 5) is 12.3. The Kier molecular flexibility index (Phi) is 6.50. The van der Waals surface area contributed by atoms with Crippen molar-refractivity contribution < 1.29 is 22.7 Å². The van der Waals surface area contributed by atoms with Gasteiger partial charge in [0.25, 0.3) is 0 Å². The van der Waals surface area contributed by atoms with E-state index in [0.29, 0.717) is 29.0 Å². The Labute approximate surface area is 186 Å². The normalized spacial score (nSPS) is 10.8. The van der Waals surface area contributed by atoms with E-state index in [1.807, 2.05) is 34.9 Å². The molecule has 0 saturated carbocycles. The molecule has 1 N–H and O–H groups in total. The Morgan fingerprint density at radius 2 is 2.00 bits per heavy atom. The molecule has 0 saturated heterocycles. The van der Waals surface area contributed by atoms with Gasteiger partial charge in [-0.05, 0) is 36.4 Å². The molecule has 0 bridgehead atoms. The molecule has 0 radical (unpaired) electrons. The minimum atomic E-state index is -1.03. The molecule has 0 aliphatic heterocycles. The standard InChI is InChI=1S/C22H18F2N4O3S/c1-30-16-5-2-4-14(10-16)21-26-27-22(28(21)12-17-6-3-9-31-17)32-13-20(29)25-15-7-8-18(23)19(24)11-15/h2-11H,12-13H2,1H3,(H,25,29). The van der Waals surface area contributed by atoms with Gasteiger partial charge in [-0.3, -0.25) is 9.36 Å². The van der Waals surface area contributed by atoms with Gasteiger partial charge < -0.3 is 14.5 Å². The van der Waals surface area contributed by atoms with Crippen LogP contribution in [0.5, 0.6) is 5.75 Å². The van der Waals surface area contributed by atoms with Gasteiger partial charge in [-0.2, -0.15) is 0 Å². The third-order valence-corrected chi connectivity index (χ3v) is 5.44. The number of hydrogen-bond donors (Lipinski definition) is 1. The number of methoxy groups -OCH3 is 1. The first-order chi connectivity index (χ1) is 15.5. The molecule has 164 valence electrons. The van der Waals surface area contributed by atoms with Crippen molar-refractivity contribution in [1.29, 1.82) is 0 Å². The van der Waals surface area contributed by atoms with Crippen LogP contribution < -0.4 is 10.1 Å². The number of aromatic nitrogens is 3. The molecule has 1 amide bonds. The summed E-state index contributed by atoms with van der Waals surface area (Å²) in [5.74, 6) is -0.449. The molecule has 0 fully saturated rings. The van der Waals surface area contributed by atoms with E-state index in [1.165, 1.54) is 17.8 Å². The lowest BCUT2D eigenvalue weighted by Crippen LogP contribution is -2.15. The van der Waals surface area contributed by atoms with Gasteiger partial charge in [0.1, 0.15) is 11.5 Å². The van der Waals surface area contributed by atoms with Gasteiger partial charge >= 0.3 is 0 Å². The van der Waals surface area contributed by atoms with Crippen molar-refractivity contribution in [1.82, 2.24) is 14.8 Å². The van der Waals surface area contributed by atoms with E-state index >= 15 is 0 Å². The summed E-state index contributed by atoms with van der Waals surface area (Å²) in [7, 11) is 1.58. The predicted molar refractivity (Wildman–Crippen MR) is 116 cm³/mol. The Hall–Kier alpha value is -3.66. The zero-order valence-electron chi connectivity index (χ0n) is 16.9. The Morgan fingerprint density at radius 3 is 2.75 bits per heavy atom. The number of nitrogens with one attached hydrogen (secondary N) is 1. The zero-order valence-corrected chi connectivity index (χ0v) is 17.7. The van der Waals surface area contributed by atoms with Crippen LogP contribution in [0, 0.1) is 11.6 Å². The van der Waals surface area contributed by atoms with E-state index in [1.54, 1.807) is 19.4 Å². The number of anilines is 1. The van der Waals surface area contributed by atoms with Crippen molar-refractivity contribution in [3.63, 3.8) is 0 Å². The molecule has 0 aliphatic carbocycles. The fraction of sp³-hybridized carbons (Fsp3) is 0.136. The first-order valence-electron chi connectivity index (χ1n) is 9.51. The number of halogens is 2. The summed E-state index contributed by atoms with van der Waals surface area (Å²) in [5.41, 5.74) is 0.963. The molecule has 2 aromatic carbocycles. The van der Waals surface area contributed by atoms with Gasteiger partial charge in [0.2, 0.25) is 5.91 Å². The van der Waals surface area contributed by atoms with Crippen LogP contribution in [0.25, 0.3) is 11.4 Å². The number of benzene rings is 2. The number of furan rings is 1. The van der Waals surface area contributed by atoms with Crippen LogP contribution in [0.2, 0.25) is 0 Å².